The second-order valence-electron chi connectivity index (χ2n) is 5.44. The van der Waals surface area contributed by atoms with Crippen LogP contribution in [0.25, 0.3) is 22.5 Å². The Bertz CT molecular complexity index is 1010. The van der Waals surface area contributed by atoms with Crippen LogP contribution >= 0.6 is 0 Å². The van der Waals surface area contributed by atoms with Crippen LogP contribution in [0, 0.1) is 5.41 Å². The van der Waals surface area contributed by atoms with Crippen molar-refractivity contribution in [1.82, 2.24) is 15.0 Å². The van der Waals surface area contributed by atoms with Gasteiger partial charge in [0.05, 0.1) is 11.9 Å². The highest BCUT2D eigenvalue weighted by Crippen LogP contribution is 2.28. The third-order valence-corrected chi connectivity index (χ3v) is 3.74. The number of alkyl halides is 3. The zero-order valence-electron chi connectivity index (χ0n) is 13.4. The summed E-state index contributed by atoms with van der Waals surface area (Å²) in [4.78, 5) is 9.93. The van der Waals surface area contributed by atoms with Crippen LogP contribution in [0.15, 0.2) is 54.5 Å². The van der Waals surface area contributed by atoms with E-state index >= 15 is 0 Å². The molecule has 4 N–H and O–H groups in total. The smallest absolute Gasteiger partial charge is 0.395 e. The predicted octanol–water partition coefficient (Wildman–Crippen LogP) is 4.01. The zero-order chi connectivity index (χ0) is 18.7. The summed E-state index contributed by atoms with van der Waals surface area (Å²) in [5.41, 5.74) is 5.85. The molecule has 0 aliphatic rings. The number of nitrogens with zero attached hydrogens (tertiary/aromatic N) is 2. The van der Waals surface area contributed by atoms with Gasteiger partial charge in [0.1, 0.15) is 5.69 Å². The summed E-state index contributed by atoms with van der Waals surface area (Å²) in [6, 6.07) is 7.63. The number of rotatable bonds is 4. The van der Waals surface area contributed by atoms with E-state index in [9.17, 15) is 13.2 Å². The van der Waals surface area contributed by atoms with E-state index in [1.807, 2.05) is 24.3 Å². The highest BCUT2D eigenvalue weighted by atomic mass is 19.4. The lowest BCUT2D eigenvalue weighted by Gasteiger charge is -2.04. The molecule has 8 heteroatoms. The summed E-state index contributed by atoms with van der Waals surface area (Å²) >= 11 is 0. The van der Waals surface area contributed by atoms with Gasteiger partial charge in [0.2, 0.25) is 0 Å². The lowest BCUT2D eigenvalue weighted by molar-refractivity contribution is -0.140. The second kappa shape index (κ2) is 6.83. The molecule has 3 rings (SSSR count). The maximum Gasteiger partial charge on any atom is 0.432 e. The number of imidazole rings is 1. The van der Waals surface area contributed by atoms with Crippen LogP contribution in [0.5, 0.6) is 0 Å². The summed E-state index contributed by atoms with van der Waals surface area (Å²) in [5.74, 6) is -0.142. The topological polar surface area (TPSA) is 91.4 Å². The molecule has 0 aliphatic heterocycles. The molecule has 0 atom stereocenters. The molecule has 26 heavy (non-hydrogen) atoms. The molecule has 0 aliphatic carbocycles. The molecule has 3 aromatic rings. The van der Waals surface area contributed by atoms with Crippen LogP contribution in [0.4, 0.5) is 13.2 Å². The zero-order valence-corrected chi connectivity index (χ0v) is 13.4. The molecule has 0 saturated heterocycles. The Kier molecular flexibility index (Phi) is 4.57. The Morgan fingerprint density at radius 2 is 1.92 bits per heavy atom. The van der Waals surface area contributed by atoms with Crippen LogP contribution in [0.3, 0.4) is 0 Å². The van der Waals surface area contributed by atoms with Gasteiger partial charge in [-0.1, -0.05) is 36.4 Å². The van der Waals surface area contributed by atoms with Gasteiger partial charge < -0.3 is 16.1 Å². The maximum atomic E-state index is 12.7. The molecule has 0 fully saturated rings. The van der Waals surface area contributed by atoms with Gasteiger partial charge in [-0.15, -0.1) is 0 Å². The number of nitrogens with one attached hydrogen (secondary N) is 2. The average molecular weight is 357 g/mol. The monoisotopic (exact) mass is 357 g/mol. The normalized spacial score (nSPS) is 13.2. The molecule has 0 spiro atoms. The van der Waals surface area contributed by atoms with Crippen molar-refractivity contribution in [3.63, 3.8) is 0 Å². The summed E-state index contributed by atoms with van der Waals surface area (Å²) in [7, 11) is 0. The molecule has 5 nitrogen and oxygen atoms in total. The Hall–Kier alpha value is -3.42. The van der Waals surface area contributed by atoms with Crippen molar-refractivity contribution in [1.29, 1.82) is 5.41 Å². The predicted molar refractivity (Wildman–Crippen MR) is 94.3 cm³/mol. The number of fused-ring (bicyclic) bond motifs is 1. The molecule has 1 aromatic carbocycles. The maximum absolute atomic E-state index is 12.7. The van der Waals surface area contributed by atoms with Gasteiger partial charge >= 0.3 is 6.18 Å². The summed E-state index contributed by atoms with van der Waals surface area (Å²) in [6.45, 7) is 0. The molecule has 0 saturated carbocycles. The molecule has 0 bridgehead atoms. The van der Waals surface area contributed by atoms with E-state index in [1.54, 1.807) is 24.5 Å². The first-order chi connectivity index (χ1) is 12.4. The fraction of sp³-hybridized carbons (Fsp3) is 0.0556. The van der Waals surface area contributed by atoms with Crippen LogP contribution in [-0.4, -0.2) is 21.2 Å². The number of aromatic nitrogens is 3. The fourth-order valence-electron chi connectivity index (χ4n) is 2.41. The number of H-pyrrole nitrogens is 1. The highest BCUT2D eigenvalue weighted by Gasteiger charge is 2.33. The van der Waals surface area contributed by atoms with E-state index in [0.29, 0.717) is 6.20 Å². The molecule has 132 valence electrons. The molecular weight excluding hydrogens is 343 g/mol. The SMILES string of the molecule is N=CC(/C=C/c1cncc2ccccc12)=C(N)c1ncc(C(F)(F)F)[nH]1. The Balaban J connectivity index is 1.97. The molecule has 0 amide bonds. The minimum Gasteiger partial charge on any atom is -0.395 e. The molecular formula is C18H14F3N5. The quantitative estimate of drug-likeness (QED) is 0.487. The minimum atomic E-state index is -4.54. The summed E-state index contributed by atoms with van der Waals surface area (Å²) in [5, 5.41) is 9.41. The number of benzene rings is 1. The number of allylic oxidation sites excluding steroid dienone is 2. The van der Waals surface area contributed by atoms with E-state index in [-0.39, 0.29) is 17.1 Å². The first kappa shape index (κ1) is 17.4. The molecule has 0 radical (unpaired) electrons. The molecule has 2 aromatic heterocycles. The minimum absolute atomic E-state index is 0.0556. The number of hydrogen-bond donors (Lipinski definition) is 3. The van der Waals surface area contributed by atoms with Crippen LogP contribution in [-0.2, 0) is 6.18 Å². The van der Waals surface area contributed by atoms with Crippen molar-refractivity contribution in [2.24, 2.45) is 5.73 Å². The Morgan fingerprint density at radius 1 is 1.15 bits per heavy atom. The second-order valence-corrected chi connectivity index (χ2v) is 5.44. The van der Waals surface area contributed by atoms with Crippen molar-refractivity contribution in [2.45, 2.75) is 6.18 Å². The van der Waals surface area contributed by atoms with Crippen molar-refractivity contribution in [3.05, 3.63) is 71.6 Å². The van der Waals surface area contributed by atoms with Crippen LogP contribution in [0.2, 0.25) is 0 Å². The highest BCUT2D eigenvalue weighted by molar-refractivity contribution is 5.94. The largest absolute Gasteiger partial charge is 0.432 e. The van der Waals surface area contributed by atoms with Gasteiger partial charge in [-0.2, -0.15) is 13.2 Å². The van der Waals surface area contributed by atoms with Crippen molar-refractivity contribution >= 4 is 28.8 Å². The fourth-order valence-corrected chi connectivity index (χ4v) is 2.41. The van der Waals surface area contributed by atoms with E-state index in [0.717, 1.165) is 22.6 Å². The van der Waals surface area contributed by atoms with Crippen molar-refractivity contribution < 1.29 is 13.2 Å². The summed E-state index contributed by atoms with van der Waals surface area (Å²) in [6.07, 6.45) is 3.72. The number of nitrogens with two attached hydrogens (primary N) is 1. The van der Waals surface area contributed by atoms with Gasteiger partial charge in [-0.3, -0.25) is 4.98 Å². The Morgan fingerprint density at radius 3 is 2.62 bits per heavy atom. The van der Waals surface area contributed by atoms with E-state index in [4.69, 9.17) is 11.1 Å². The van der Waals surface area contributed by atoms with E-state index in [1.165, 1.54) is 0 Å². The van der Waals surface area contributed by atoms with E-state index < -0.39 is 11.9 Å². The average Bonchev–Trinajstić information content (AvgIpc) is 3.12. The van der Waals surface area contributed by atoms with Crippen LogP contribution in [0.1, 0.15) is 17.1 Å². The van der Waals surface area contributed by atoms with Gasteiger partial charge in [0.25, 0.3) is 0 Å². The van der Waals surface area contributed by atoms with Gasteiger partial charge in [0, 0.05) is 35.1 Å². The standard InChI is InChI=1S/C18H14F3N5/c19-18(20,21)15-10-25-17(26-15)16(23)11(7-22)5-6-13-9-24-8-12-3-1-2-4-14(12)13/h1-10,22H,23H2,(H,25,26)/b6-5+,16-11?,22-7?. The number of halogens is 3. The number of hydrogen-bond acceptors (Lipinski definition) is 4. The van der Waals surface area contributed by atoms with Crippen molar-refractivity contribution in [3.8, 4) is 0 Å². The van der Waals surface area contributed by atoms with Gasteiger partial charge in [-0.25, -0.2) is 4.98 Å². The third-order valence-electron chi connectivity index (χ3n) is 3.74. The molecule has 0 unspecified atom stereocenters. The Labute approximate surface area is 146 Å². The number of aromatic amines is 1. The lowest BCUT2D eigenvalue weighted by Crippen LogP contribution is -2.07. The third kappa shape index (κ3) is 3.49. The first-order valence-electron chi connectivity index (χ1n) is 7.54. The van der Waals surface area contributed by atoms with E-state index in [2.05, 4.69) is 15.0 Å². The van der Waals surface area contributed by atoms with Crippen LogP contribution < -0.4 is 5.73 Å². The van der Waals surface area contributed by atoms with Gasteiger partial charge in [-0.05, 0) is 5.39 Å². The summed E-state index contributed by atoms with van der Waals surface area (Å²) < 4.78 is 38.0. The van der Waals surface area contributed by atoms with Gasteiger partial charge in [0.15, 0.2) is 5.82 Å². The first-order valence-corrected chi connectivity index (χ1v) is 7.54. The molecule has 2 heterocycles. The number of pyridine rings is 1. The lowest BCUT2D eigenvalue weighted by atomic mass is 10.1. The van der Waals surface area contributed by atoms with Crippen molar-refractivity contribution in [2.75, 3.05) is 0 Å².